The quantitative estimate of drug-likeness (QED) is 0.750. The third-order valence-electron chi connectivity index (χ3n) is 2.10. The topological polar surface area (TPSA) is 62.3 Å². The largest absolute Gasteiger partial charge is 0.474 e. The molecule has 1 aromatic heterocycles. The van der Waals surface area contributed by atoms with Crippen molar-refractivity contribution < 1.29 is 9.47 Å². The Morgan fingerprint density at radius 1 is 1.40 bits per heavy atom. The van der Waals surface area contributed by atoms with E-state index in [-0.39, 0.29) is 6.04 Å². The van der Waals surface area contributed by atoms with Crippen LogP contribution in [0.2, 0.25) is 0 Å². The Balaban J connectivity index is 2.83. The minimum Gasteiger partial charge on any atom is -0.474 e. The summed E-state index contributed by atoms with van der Waals surface area (Å²) in [6, 6.07) is 0.235. The standard InChI is InChI=1S/C10H19N3O2/c1-7(2)13-10(15-6-5-14-4)9(11)8(3)12-13/h7H,5-6,11H2,1-4H3. The van der Waals surface area contributed by atoms with E-state index in [0.717, 1.165) is 5.69 Å². The lowest BCUT2D eigenvalue weighted by atomic mass is 10.4. The minimum atomic E-state index is 0.235. The fourth-order valence-electron chi connectivity index (χ4n) is 1.25. The maximum Gasteiger partial charge on any atom is 0.236 e. The fourth-order valence-corrected chi connectivity index (χ4v) is 1.25. The van der Waals surface area contributed by atoms with Crippen LogP contribution in [0, 0.1) is 6.92 Å². The monoisotopic (exact) mass is 213 g/mol. The average Bonchev–Trinajstić information content (AvgIpc) is 2.46. The van der Waals surface area contributed by atoms with Gasteiger partial charge in [0.25, 0.3) is 0 Å². The van der Waals surface area contributed by atoms with Gasteiger partial charge in [0.1, 0.15) is 12.3 Å². The molecule has 1 heterocycles. The highest BCUT2D eigenvalue weighted by atomic mass is 16.5. The van der Waals surface area contributed by atoms with Crippen molar-refractivity contribution in [3.05, 3.63) is 5.69 Å². The third kappa shape index (κ3) is 2.62. The number of aromatic nitrogens is 2. The lowest BCUT2D eigenvalue weighted by molar-refractivity contribution is 0.139. The molecule has 0 atom stereocenters. The zero-order valence-electron chi connectivity index (χ0n) is 9.78. The van der Waals surface area contributed by atoms with Gasteiger partial charge < -0.3 is 15.2 Å². The van der Waals surface area contributed by atoms with Crippen LogP contribution in [0.25, 0.3) is 0 Å². The fraction of sp³-hybridized carbons (Fsp3) is 0.700. The van der Waals surface area contributed by atoms with Crippen molar-refractivity contribution in [3.63, 3.8) is 0 Å². The van der Waals surface area contributed by atoms with Gasteiger partial charge in [-0.2, -0.15) is 5.10 Å². The predicted octanol–water partition coefficient (Wildman–Crippen LogP) is 1.38. The Morgan fingerprint density at radius 3 is 2.60 bits per heavy atom. The maximum atomic E-state index is 5.87. The second-order valence-electron chi connectivity index (χ2n) is 3.68. The van der Waals surface area contributed by atoms with Crippen LogP contribution in [0.5, 0.6) is 5.88 Å². The van der Waals surface area contributed by atoms with E-state index in [9.17, 15) is 0 Å². The number of rotatable bonds is 5. The first kappa shape index (κ1) is 11.8. The molecule has 0 aliphatic heterocycles. The molecule has 0 radical (unpaired) electrons. The summed E-state index contributed by atoms with van der Waals surface area (Å²) in [7, 11) is 1.64. The first-order valence-corrected chi connectivity index (χ1v) is 5.04. The number of nitrogens with zero attached hydrogens (tertiary/aromatic N) is 2. The van der Waals surface area contributed by atoms with Crippen molar-refractivity contribution in [2.45, 2.75) is 26.8 Å². The van der Waals surface area contributed by atoms with Crippen molar-refractivity contribution in [3.8, 4) is 5.88 Å². The summed E-state index contributed by atoms with van der Waals surface area (Å²) < 4.78 is 12.2. The Morgan fingerprint density at radius 2 is 2.07 bits per heavy atom. The second-order valence-corrected chi connectivity index (χ2v) is 3.68. The van der Waals surface area contributed by atoms with Gasteiger partial charge in [0, 0.05) is 7.11 Å². The van der Waals surface area contributed by atoms with Crippen LogP contribution < -0.4 is 10.5 Å². The van der Waals surface area contributed by atoms with E-state index in [4.69, 9.17) is 15.2 Å². The van der Waals surface area contributed by atoms with E-state index in [1.54, 1.807) is 11.8 Å². The number of nitrogen functional groups attached to an aromatic ring is 1. The van der Waals surface area contributed by atoms with Crippen LogP contribution in [0.15, 0.2) is 0 Å². The molecule has 5 nitrogen and oxygen atoms in total. The van der Waals surface area contributed by atoms with Crippen LogP contribution in [-0.2, 0) is 4.74 Å². The van der Waals surface area contributed by atoms with Crippen LogP contribution in [-0.4, -0.2) is 30.1 Å². The molecule has 5 heteroatoms. The van der Waals surface area contributed by atoms with Crippen molar-refractivity contribution in [1.82, 2.24) is 9.78 Å². The highest BCUT2D eigenvalue weighted by Crippen LogP contribution is 2.27. The molecule has 0 spiro atoms. The van der Waals surface area contributed by atoms with Crippen LogP contribution >= 0.6 is 0 Å². The van der Waals surface area contributed by atoms with Gasteiger partial charge in [-0.05, 0) is 20.8 Å². The van der Waals surface area contributed by atoms with Gasteiger partial charge in [0.05, 0.1) is 18.3 Å². The molecule has 0 bridgehead atoms. The summed E-state index contributed by atoms with van der Waals surface area (Å²) in [4.78, 5) is 0. The van der Waals surface area contributed by atoms with Crippen molar-refractivity contribution in [2.24, 2.45) is 0 Å². The lowest BCUT2D eigenvalue weighted by Crippen LogP contribution is -2.11. The van der Waals surface area contributed by atoms with Gasteiger partial charge >= 0.3 is 0 Å². The molecule has 0 aromatic carbocycles. The van der Waals surface area contributed by atoms with Crippen molar-refractivity contribution in [1.29, 1.82) is 0 Å². The van der Waals surface area contributed by atoms with E-state index >= 15 is 0 Å². The van der Waals surface area contributed by atoms with E-state index in [2.05, 4.69) is 5.10 Å². The molecule has 0 unspecified atom stereocenters. The van der Waals surface area contributed by atoms with Gasteiger partial charge in [-0.3, -0.25) is 0 Å². The number of methoxy groups -OCH3 is 1. The third-order valence-corrected chi connectivity index (χ3v) is 2.10. The van der Waals surface area contributed by atoms with Gasteiger partial charge in [-0.25, -0.2) is 4.68 Å². The predicted molar refractivity (Wildman–Crippen MR) is 59.1 cm³/mol. The average molecular weight is 213 g/mol. The van der Waals surface area contributed by atoms with Crippen LogP contribution in [0.4, 0.5) is 5.69 Å². The first-order chi connectivity index (χ1) is 7.07. The SMILES string of the molecule is COCCOc1c(N)c(C)nn1C(C)C. The molecule has 1 aromatic rings. The number of hydrogen-bond acceptors (Lipinski definition) is 4. The summed E-state index contributed by atoms with van der Waals surface area (Å²) in [5.74, 6) is 0.638. The number of hydrogen-bond donors (Lipinski definition) is 1. The molecule has 0 saturated carbocycles. The van der Waals surface area contributed by atoms with E-state index in [1.807, 2.05) is 20.8 Å². The molecule has 0 aliphatic carbocycles. The first-order valence-electron chi connectivity index (χ1n) is 5.04. The molecular formula is C10H19N3O2. The van der Waals surface area contributed by atoms with Crippen molar-refractivity contribution in [2.75, 3.05) is 26.1 Å². The molecule has 0 amide bonds. The number of ether oxygens (including phenoxy) is 2. The molecule has 15 heavy (non-hydrogen) atoms. The Bertz CT molecular complexity index is 321. The highest BCUT2D eigenvalue weighted by Gasteiger charge is 2.15. The highest BCUT2D eigenvalue weighted by molar-refractivity contribution is 5.52. The second kappa shape index (κ2) is 5.02. The smallest absolute Gasteiger partial charge is 0.236 e. The maximum absolute atomic E-state index is 5.87. The zero-order valence-corrected chi connectivity index (χ0v) is 9.78. The van der Waals surface area contributed by atoms with E-state index in [1.165, 1.54) is 0 Å². The summed E-state index contributed by atoms with van der Waals surface area (Å²) >= 11 is 0. The van der Waals surface area contributed by atoms with Gasteiger partial charge in [0.15, 0.2) is 0 Å². The number of aryl methyl sites for hydroxylation is 1. The number of anilines is 1. The van der Waals surface area contributed by atoms with Gasteiger partial charge in [-0.15, -0.1) is 0 Å². The summed E-state index contributed by atoms with van der Waals surface area (Å²) in [6.07, 6.45) is 0. The van der Waals surface area contributed by atoms with E-state index in [0.29, 0.717) is 24.8 Å². The van der Waals surface area contributed by atoms with Gasteiger partial charge in [-0.1, -0.05) is 0 Å². The molecule has 0 fully saturated rings. The molecule has 1 rings (SSSR count). The molecule has 86 valence electrons. The van der Waals surface area contributed by atoms with Crippen molar-refractivity contribution >= 4 is 5.69 Å². The zero-order chi connectivity index (χ0) is 11.4. The Hall–Kier alpha value is -1.23. The minimum absolute atomic E-state index is 0.235. The lowest BCUT2D eigenvalue weighted by Gasteiger charge is -2.12. The summed E-state index contributed by atoms with van der Waals surface area (Å²) in [6.45, 7) is 6.97. The molecule has 0 saturated heterocycles. The number of nitrogens with two attached hydrogens (primary N) is 1. The normalized spacial score (nSPS) is 11.0. The molecule has 0 aliphatic rings. The molecule has 2 N–H and O–H groups in total. The Kier molecular flexibility index (Phi) is 3.96. The van der Waals surface area contributed by atoms with Crippen LogP contribution in [0.3, 0.4) is 0 Å². The summed E-state index contributed by atoms with van der Waals surface area (Å²) in [5.41, 5.74) is 7.29. The van der Waals surface area contributed by atoms with Crippen LogP contribution in [0.1, 0.15) is 25.6 Å². The molecular weight excluding hydrogens is 194 g/mol. The van der Waals surface area contributed by atoms with Gasteiger partial charge in [0.2, 0.25) is 5.88 Å². The Labute approximate surface area is 90.2 Å². The van der Waals surface area contributed by atoms with E-state index < -0.39 is 0 Å². The summed E-state index contributed by atoms with van der Waals surface area (Å²) in [5, 5.41) is 4.31.